The van der Waals surface area contributed by atoms with Crippen molar-refractivity contribution in [1.29, 1.82) is 0 Å². The van der Waals surface area contributed by atoms with E-state index in [1.54, 1.807) is 0 Å². The Morgan fingerprint density at radius 1 is 1.05 bits per heavy atom. The van der Waals surface area contributed by atoms with E-state index in [1.165, 1.54) is 24.5 Å². The van der Waals surface area contributed by atoms with Gasteiger partial charge in [-0.05, 0) is 23.7 Å². The third-order valence-electron chi connectivity index (χ3n) is 2.52. The molecule has 0 saturated carbocycles. The molecule has 100 valence electrons. The molecule has 2 heterocycles. The number of ether oxygens (including phenoxy) is 1. The van der Waals surface area contributed by atoms with E-state index < -0.39 is 11.6 Å². The number of nitrogens with zero attached hydrogens (tertiary/aromatic N) is 3. The zero-order valence-electron chi connectivity index (χ0n) is 9.85. The van der Waals surface area contributed by atoms with Crippen LogP contribution in [-0.4, -0.2) is 15.0 Å². The topological polar surface area (TPSA) is 47.9 Å². The molecule has 7 heteroatoms. The first-order valence-electron chi connectivity index (χ1n) is 5.53. The zero-order valence-corrected chi connectivity index (χ0v) is 10.6. The molecule has 0 unspecified atom stereocenters. The lowest BCUT2D eigenvalue weighted by Crippen LogP contribution is -1.93. The monoisotopic (exact) mass is 293 g/mol. The molecule has 0 bridgehead atoms. The Morgan fingerprint density at radius 3 is 2.70 bits per heavy atom. The van der Waals surface area contributed by atoms with Crippen LogP contribution in [0.3, 0.4) is 0 Å². The van der Waals surface area contributed by atoms with Crippen molar-refractivity contribution in [1.82, 2.24) is 15.0 Å². The van der Waals surface area contributed by atoms with Gasteiger partial charge in [-0.1, -0.05) is 0 Å². The standard InChI is InChI=1S/C13H6ClF2N3O/c14-13-18-5-7-3-12(17-6-10(7)19-13)20-11-2-1-8(15)4-9(11)16/h1-6H. The molecule has 0 aliphatic rings. The minimum atomic E-state index is -0.806. The maximum atomic E-state index is 13.5. The highest BCUT2D eigenvalue weighted by molar-refractivity contribution is 6.28. The fourth-order valence-corrected chi connectivity index (χ4v) is 1.76. The fraction of sp³-hybridized carbons (Fsp3) is 0. The molecular weight excluding hydrogens is 288 g/mol. The van der Waals surface area contributed by atoms with Crippen molar-refractivity contribution >= 4 is 22.5 Å². The molecule has 2 aromatic heterocycles. The van der Waals surface area contributed by atoms with Crippen molar-refractivity contribution in [3.8, 4) is 11.6 Å². The third-order valence-corrected chi connectivity index (χ3v) is 2.70. The molecule has 4 nitrogen and oxygen atoms in total. The van der Waals surface area contributed by atoms with Gasteiger partial charge in [0.1, 0.15) is 5.82 Å². The number of hydrogen-bond donors (Lipinski definition) is 0. The van der Waals surface area contributed by atoms with Crippen LogP contribution in [0.1, 0.15) is 0 Å². The molecule has 0 aliphatic heterocycles. The lowest BCUT2D eigenvalue weighted by Gasteiger charge is -2.06. The van der Waals surface area contributed by atoms with Gasteiger partial charge >= 0.3 is 0 Å². The van der Waals surface area contributed by atoms with Crippen molar-refractivity contribution in [2.45, 2.75) is 0 Å². The van der Waals surface area contributed by atoms with Crippen LogP contribution in [-0.2, 0) is 0 Å². The van der Waals surface area contributed by atoms with E-state index in [0.29, 0.717) is 10.9 Å². The first-order chi connectivity index (χ1) is 9.61. The number of fused-ring (bicyclic) bond motifs is 1. The van der Waals surface area contributed by atoms with E-state index in [-0.39, 0.29) is 16.9 Å². The summed E-state index contributed by atoms with van der Waals surface area (Å²) < 4.78 is 31.5. The Balaban J connectivity index is 1.96. The summed E-state index contributed by atoms with van der Waals surface area (Å²) in [5.41, 5.74) is 0.539. The average molecular weight is 294 g/mol. The van der Waals surface area contributed by atoms with Crippen LogP contribution in [0.25, 0.3) is 10.9 Å². The first-order valence-corrected chi connectivity index (χ1v) is 5.91. The molecule has 0 radical (unpaired) electrons. The van der Waals surface area contributed by atoms with Gasteiger partial charge in [-0.15, -0.1) is 0 Å². The Hall–Kier alpha value is -2.34. The number of pyridine rings is 1. The average Bonchev–Trinajstić information content (AvgIpc) is 2.42. The second kappa shape index (κ2) is 4.97. The first kappa shape index (κ1) is 12.7. The summed E-state index contributed by atoms with van der Waals surface area (Å²) in [5, 5.41) is 0.750. The molecule has 0 saturated heterocycles. The number of benzene rings is 1. The predicted octanol–water partition coefficient (Wildman–Crippen LogP) is 3.75. The quantitative estimate of drug-likeness (QED) is 0.675. The largest absolute Gasteiger partial charge is 0.436 e. The molecule has 0 amide bonds. The molecule has 3 rings (SSSR count). The number of aromatic nitrogens is 3. The molecule has 0 fully saturated rings. The molecule has 0 spiro atoms. The van der Waals surface area contributed by atoms with Gasteiger partial charge in [0.25, 0.3) is 0 Å². The molecular formula is C13H6ClF2N3O. The van der Waals surface area contributed by atoms with Gasteiger partial charge in [-0.2, -0.15) is 0 Å². The maximum absolute atomic E-state index is 13.5. The molecule has 20 heavy (non-hydrogen) atoms. The van der Waals surface area contributed by atoms with E-state index in [2.05, 4.69) is 15.0 Å². The van der Waals surface area contributed by atoms with Crippen molar-refractivity contribution in [2.75, 3.05) is 0 Å². The fourth-order valence-electron chi connectivity index (χ4n) is 1.62. The van der Waals surface area contributed by atoms with Gasteiger partial charge in [0.15, 0.2) is 11.6 Å². The third kappa shape index (κ3) is 2.50. The van der Waals surface area contributed by atoms with Gasteiger partial charge in [0.05, 0.1) is 11.7 Å². The summed E-state index contributed by atoms with van der Waals surface area (Å²) in [7, 11) is 0. The maximum Gasteiger partial charge on any atom is 0.222 e. The van der Waals surface area contributed by atoms with E-state index in [1.807, 2.05) is 0 Å². The highest BCUT2D eigenvalue weighted by Crippen LogP contribution is 2.25. The zero-order chi connectivity index (χ0) is 14.1. The predicted molar refractivity (Wildman–Crippen MR) is 68.8 cm³/mol. The molecule has 0 atom stereocenters. The highest BCUT2D eigenvalue weighted by Gasteiger charge is 2.08. The van der Waals surface area contributed by atoms with E-state index in [4.69, 9.17) is 16.3 Å². The Morgan fingerprint density at radius 2 is 1.90 bits per heavy atom. The summed E-state index contributed by atoms with van der Waals surface area (Å²) in [6, 6.07) is 4.56. The summed E-state index contributed by atoms with van der Waals surface area (Å²) in [4.78, 5) is 11.8. The number of halogens is 3. The van der Waals surface area contributed by atoms with Crippen LogP contribution in [0.5, 0.6) is 11.6 Å². The van der Waals surface area contributed by atoms with Crippen LogP contribution in [0.2, 0.25) is 5.28 Å². The van der Waals surface area contributed by atoms with E-state index in [0.717, 1.165) is 12.1 Å². The Labute approximate surface area is 117 Å². The van der Waals surface area contributed by atoms with Crippen molar-refractivity contribution in [3.05, 3.63) is 53.6 Å². The second-order valence-corrected chi connectivity index (χ2v) is 4.24. The van der Waals surface area contributed by atoms with Gasteiger partial charge in [-0.3, -0.25) is 0 Å². The number of rotatable bonds is 2. The van der Waals surface area contributed by atoms with Crippen molar-refractivity contribution in [2.24, 2.45) is 0 Å². The SMILES string of the molecule is Fc1ccc(Oc2cc3cnc(Cl)nc3cn2)c(F)c1. The molecule has 3 aromatic rings. The molecule has 1 aromatic carbocycles. The van der Waals surface area contributed by atoms with Crippen LogP contribution >= 0.6 is 11.6 Å². The highest BCUT2D eigenvalue weighted by atomic mass is 35.5. The van der Waals surface area contributed by atoms with Gasteiger partial charge in [0, 0.05) is 23.7 Å². The normalized spacial score (nSPS) is 10.8. The van der Waals surface area contributed by atoms with Gasteiger partial charge in [-0.25, -0.2) is 23.7 Å². The number of hydrogen-bond acceptors (Lipinski definition) is 4. The Kier molecular flexibility index (Phi) is 3.15. The van der Waals surface area contributed by atoms with Crippen molar-refractivity contribution < 1.29 is 13.5 Å². The van der Waals surface area contributed by atoms with Crippen LogP contribution in [0, 0.1) is 11.6 Å². The van der Waals surface area contributed by atoms with Crippen molar-refractivity contribution in [3.63, 3.8) is 0 Å². The summed E-state index contributed by atoms with van der Waals surface area (Å²) in [6.07, 6.45) is 2.93. The van der Waals surface area contributed by atoms with Crippen LogP contribution in [0.4, 0.5) is 8.78 Å². The van der Waals surface area contributed by atoms with Crippen LogP contribution in [0.15, 0.2) is 36.7 Å². The summed E-state index contributed by atoms with van der Waals surface area (Å²) >= 11 is 5.66. The smallest absolute Gasteiger partial charge is 0.222 e. The van der Waals surface area contributed by atoms with Gasteiger partial charge < -0.3 is 4.74 Å². The minimum Gasteiger partial charge on any atom is -0.436 e. The summed E-state index contributed by atoms with van der Waals surface area (Å²) in [5.74, 6) is -1.45. The Bertz CT molecular complexity index is 798. The minimum absolute atomic E-state index is 0.109. The molecule has 0 aliphatic carbocycles. The lowest BCUT2D eigenvalue weighted by atomic mass is 10.3. The lowest BCUT2D eigenvalue weighted by molar-refractivity contribution is 0.424. The summed E-state index contributed by atoms with van der Waals surface area (Å²) in [6.45, 7) is 0. The van der Waals surface area contributed by atoms with E-state index in [9.17, 15) is 8.78 Å². The second-order valence-electron chi connectivity index (χ2n) is 3.90. The van der Waals surface area contributed by atoms with Crippen LogP contribution < -0.4 is 4.74 Å². The van der Waals surface area contributed by atoms with E-state index >= 15 is 0 Å². The molecule has 0 N–H and O–H groups in total. The van der Waals surface area contributed by atoms with Gasteiger partial charge in [0.2, 0.25) is 11.2 Å².